The average molecular weight is 262 g/mol. The van der Waals surface area contributed by atoms with E-state index in [1.54, 1.807) is 0 Å². The fourth-order valence-electron chi connectivity index (χ4n) is 3.38. The smallest absolute Gasteiger partial charge is 0.0540 e. The Bertz CT molecular complexity index is 435. The molecule has 1 aliphatic carbocycles. The summed E-state index contributed by atoms with van der Waals surface area (Å²) < 4.78 is 2.00. The Labute approximate surface area is 116 Å². The number of hydrogen-bond acceptors (Lipinski definition) is 3. The highest BCUT2D eigenvalue weighted by Crippen LogP contribution is 2.36. The van der Waals surface area contributed by atoms with Gasteiger partial charge in [0.15, 0.2) is 0 Å². The van der Waals surface area contributed by atoms with Crippen LogP contribution >= 0.6 is 0 Å². The lowest BCUT2D eigenvalue weighted by molar-refractivity contribution is 0.118. The summed E-state index contributed by atoms with van der Waals surface area (Å²) in [4.78, 5) is 2.52. The SMILES string of the molecule is Cc1c(C2C(CNC3CC3)CCCN2C)cnn1C. The van der Waals surface area contributed by atoms with Crippen molar-refractivity contribution in [1.29, 1.82) is 0 Å². The van der Waals surface area contributed by atoms with Gasteiger partial charge in [0, 0.05) is 36.9 Å². The molecule has 1 aliphatic heterocycles. The summed E-state index contributed by atoms with van der Waals surface area (Å²) in [5, 5.41) is 8.16. The van der Waals surface area contributed by atoms with Gasteiger partial charge < -0.3 is 5.32 Å². The van der Waals surface area contributed by atoms with Crippen LogP contribution in [0.4, 0.5) is 0 Å². The molecule has 2 aliphatic rings. The van der Waals surface area contributed by atoms with Crippen molar-refractivity contribution in [3.63, 3.8) is 0 Å². The van der Waals surface area contributed by atoms with Crippen molar-refractivity contribution >= 4 is 0 Å². The van der Waals surface area contributed by atoms with Crippen LogP contribution in [0.15, 0.2) is 6.20 Å². The summed E-state index contributed by atoms with van der Waals surface area (Å²) in [5.74, 6) is 0.724. The Morgan fingerprint density at radius 2 is 2.11 bits per heavy atom. The van der Waals surface area contributed by atoms with Gasteiger partial charge in [0.05, 0.1) is 6.20 Å². The van der Waals surface area contributed by atoms with E-state index < -0.39 is 0 Å². The molecule has 1 N–H and O–H groups in total. The molecule has 2 heterocycles. The maximum Gasteiger partial charge on any atom is 0.0540 e. The van der Waals surface area contributed by atoms with Gasteiger partial charge in [0.2, 0.25) is 0 Å². The number of hydrogen-bond donors (Lipinski definition) is 1. The van der Waals surface area contributed by atoms with Crippen LogP contribution in [0.2, 0.25) is 0 Å². The highest BCUT2D eigenvalue weighted by atomic mass is 15.3. The van der Waals surface area contributed by atoms with Gasteiger partial charge in [-0.15, -0.1) is 0 Å². The molecule has 0 spiro atoms. The molecule has 3 rings (SSSR count). The number of likely N-dealkylation sites (tertiary alicyclic amines) is 1. The lowest BCUT2D eigenvalue weighted by Crippen LogP contribution is -2.41. The fourth-order valence-corrected chi connectivity index (χ4v) is 3.38. The van der Waals surface area contributed by atoms with E-state index in [1.165, 1.54) is 43.5 Å². The molecule has 0 amide bonds. The van der Waals surface area contributed by atoms with E-state index in [0.717, 1.165) is 18.5 Å². The summed E-state index contributed by atoms with van der Waals surface area (Å²) in [6, 6.07) is 1.34. The predicted molar refractivity (Wildman–Crippen MR) is 77.1 cm³/mol. The molecule has 4 nitrogen and oxygen atoms in total. The van der Waals surface area contributed by atoms with Crippen LogP contribution in [0.5, 0.6) is 0 Å². The number of piperidine rings is 1. The van der Waals surface area contributed by atoms with E-state index in [-0.39, 0.29) is 0 Å². The maximum atomic E-state index is 4.44. The van der Waals surface area contributed by atoms with Gasteiger partial charge in [-0.05, 0) is 52.1 Å². The topological polar surface area (TPSA) is 33.1 Å². The maximum absolute atomic E-state index is 4.44. The molecule has 106 valence electrons. The first kappa shape index (κ1) is 13.1. The van der Waals surface area contributed by atoms with Crippen LogP contribution < -0.4 is 5.32 Å². The Morgan fingerprint density at radius 3 is 2.74 bits per heavy atom. The third-order valence-electron chi connectivity index (χ3n) is 4.85. The highest BCUT2D eigenvalue weighted by molar-refractivity contribution is 5.22. The van der Waals surface area contributed by atoms with Crippen LogP contribution in [-0.4, -0.2) is 40.9 Å². The second-order valence-corrected chi connectivity index (χ2v) is 6.32. The molecule has 1 aromatic heterocycles. The van der Waals surface area contributed by atoms with Crippen LogP contribution in [-0.2, 0) is 7.05 Å². The molecule has 0 radical (unpaired) electrons. The van der Waals surface area contributed by atoms with Gasteiger partial charge in [-0.1, -0.05) is 0 Å². The molecule has 1 aromatic rings. The van der Waals surface area contributed by atoms with Crippen LogP contribution in [0.3, 0.4) is 0 Å². The van der Waals surface area contributed by atoms with Crippen molar-refractivity contribution in [3.05, 3.63) is 17.5 Å². The van der Waals surface area contributed by atoms with E-state index in [0.29, 0.717) is 6.04 Å². The lowest BCUT2D eigenvalue weighted by Gasteiger charge is -2.39. The zero-order chi connectivity index (χ0) is 13.4. The molecule has 2 fully saturated rings. The van der Waals surface area contributed by atoms with Crippen molar-refractivity contribution in [2.45, 2.75) is 44.7 Å². The van der Waals surface area contributed by atoms with Gasteiger partial charge >= 0.3 is 0 Å². The molecule has 19 heavy (non-hydrogen) atoms. The first-order chi connectivity index (χ1) is 9.16. The van der Waals surface area contributed by atoms with E-state index in [9.17, 15) is 0 Å². The summed E-state index contributed by atoms with van der Waals surface area (Å²) in [6.07, 6.45) is 7.48. The summed E-state index contributed by atoms with van der Waals surface area (Å²) in [6.45, 7) is 4.56. The van der Waals surface area contributed by atoms with Crippen LogP contribution in [0.1, 0.15) is 43.0 Å². The Balaban J connectivity index is 1.77. The van der Waals surface area contributed by atoms with Gasteiger partial charge in [0.1, 0.15) is 0 Å². The lowest BCUT2D eigenvalue weighted by atomic mass is 9.85. The van der Waals surface area contributed by atoms with E-state index in [4.69, 9.17) is 0 Å². The third kappa shape index (κ3) is 2.70. The molecule has 0 aromatic carbocycles. The van der Waals surface area contributed by atoms with Crippen molar-refractivity contribution < 1.29 is 0 Å². The minimum absolute atomic E-state index is 0.536. The molecular weight excluding hydrogens is 236 g/mol. The number of aromatic nitrogens is 2. The predicted octanol–water partition coefficient (Wildman–Crippen LogP) is 1.86. The van der Waals surface area contributed by atoms with Crippen molar-refractivity contribution in [2.24, 2.45) is 13.0 Å². The van der Waals surface area contributed by atoms with E-state index >= 15 is 0 Å². The Hall–Kier alpha value is -0.870. The average Bonchev–Trinajstić information content (AvgIpc) is 3.16. The summed E-state index contributed by atoms with van der Waals surface area (Å²) in [5.41, 5.74) is 2.74. The monoisotopic (exact) mass is 262 g/mol. The van der Waals surface area contributed by atoms with Gasteiger partial charge in [0.25, 0.3) is 0 Å². The minimum atomic E-state index is 0.536. The largest absolute Gasteiger partial charge is 0.314 e. The van der Waals surface area contributed by atoms with Crippen molar-refractivity contribution in [2.75, 3.05) is 20.1 Å². The molecule has 1 saturated heterocycles. The quantitative estimate of drug-likeness (QED) is 0.899. The molecule has 1 saturated carbocycles. The Morgan fingerprint density at radius 1 is 1.32 bits per heavy atom. The Kier molecular flexibility index (Phi) is 3.63. The van der Waals surface area contributed by atoms with Gasteiger partial charge in [-0.25, -0.2) is 0 Å². The summed E-state index contributed by atoms with van der Waals surface area (Å²) >= 11 is 0. The van der Waals surface area contributed by atoms with Gasteiger partial charge in [-0.3, -0.25) is 9.58 Å². The summed E-state index contributed by atoms with van der Waals surface area (Å²) in [7, 11) is 4.31. The van der Waals surface area contributed by atoms with E-state index in [2.05, 4.69) is 35.5 Å². The molecule has 4 heteroatoms. The number of nitrogens with one attached hydrogen (secondary N) is 1. The normalized spacial score (nSPS) is 28.8. The van der Waals surface area contributed by atoms with Crippen molar-refractivity contribution in [1.82, 2.24) is 20.0 Å². The first-order valence-electron chi connectivity index (χ1n) is 7.59. The molecule has 2 unspecified atom stereocenters. The highest BCUT2D eigenvalue weighted by Gasteiger charge is 2.33. The second-order valence-electron chi connectivity index (χ2n) is 6.32. The first-order valence-corrected chi connectivity index (χ1v) is 7.59. The van der Waals surface area contributed by atoms with Crippen LogP contribution in [0.25, 0.3) is 0 Å². The van der Waals surface area contributed by atoms with Crippen LogP contribution in [0, 0.1) is 12.8 Å². The minimum Gasteiger partial charge on any atom is -0.314 e. The second kappa shape index (κ2) is 5.25. The number of rotatable bonds is 4. The molecular formula is C15H26N4. The fraction of sp³-hybridized carbons (Fsp3) is 0.800. The van der Waals surface area contributed by atoms with E-state index in [1.807, 2.05) is 11.7 Å². The number of nitrogens with zero attached hydrogens (tertiary/aromatic N) is 3. The standard InChI is InChI=1S/C15H26N4/c1-11-14(10-17-19(11)3)15-12(5-4-8-18(15)2)9-16-13-6-7-13/h10,12-13,15-16H,4-9H2,1-3H3. The third-order valence-corrected chi connectivity index (χ3v) is 4.85. The zero-order valence-electron chi connectivity index (χ0n) is 12.4. The zero-order valence-corrected chi connectivity index (χ0v) is 12.4. The molecule has 2 atom stereocenters. The molecule has 0 bridgehead atoms. The van der Waals surface area contributed by atoms with Crippen molar-refractivity contribution in [3.8, 4) is 0 Å². The number of aryl methyl sites for hydroxylation is 1. The van der Waals surface area contributed by atoms with Gasteiger partial charge in [-0.2, -0.15) is 5.10 Å².